The zero-order valence-corrected chi connectivity index (χ0v) is 17.2. The Hall–Kier alpha value is -3.58. The van der Waals surface area contributed by atoms with Crippen LogP contribution in [0.4, 0.5) is 22.4 Å². The maximum absolute atomic E-state index is 12.2. The number of ether oxygens (including phenoxy) is 1. The molecule has 30 heavy (non-hydrogen) atoms. The van der Waals surface area contributed by atoms with E-state index < -0.39 is 0 Å². The first kappa shape index (κ1) is 21.1. The Kier molecular flexibility index (Phi) is 6.87. The molecule has 3 heterocycles. The van der Waals surface area contributed by atoms with Crippen LogP contribution in [0.25, 0.3) is 0 Å². The lowest BCUT2D eigenvalue weighted by atomic mass is 10.1. The monoisotopic (exact) mass is 410 g/mol. The molecular formula is C20H26N8O2. The molecule has 0 spiro atoms. The second-order valence-electron chi connectivity index (χ2n) is 6.79. The number of carbonyl (C=O) groups is 1. The molecule has 10 heteroatoms. The number of nitrogen functional groups attached to an aromatic ring is 2. The molecule has 1 aliphatic heterocycles. The summed E-state index contributed by atoms with van der Waals surface area (Å²) in [6, 6.07) is 3.42. The Bertz CT molecular complexity index is 944. The first-order valence-electron chi connectivity index (χ1n) is 9.62. The molecule has 1 fully saturated rings. The summed E-state index contributed by atoms with van der Waals surface area (Å²) in [6.07, 6.45) is 1.62. The molecule has 1 aliphatic rings. The Morgan fingerprint density at radius 2 is 1.97 bits per heavy atom. The van der Waals surface area contributed by atoms with Crippen molar-refractivity contribution < 1.29 is 9.53 Å². The summed E-state index contributed by atoms with van der Waals surface area (Å²) in [6.45, 7) is 5.18. The van der Waals surface area contributed by atoms with Crippen molar-refractivity contribution in [3.63, 3.8) is 0 Å². The van der Waals surface area contributed by atoms with Gasteiger partial charge in [-0.15, -0.1) is 0 Å². The predicted octanol–water partition coefficient (Wildman–Crippen LogP) is 0.222. The van der Waals surface area contributed by atoms with Gasteiger partial charge in [-0.1, -0.05) is 11.8 Å². The third-order valence-electron chi connectivity index (χ3n) is 4.66. The van der Waals surface area contributed by atoms with E-state index in [-0.39, 0.29) is 12.0 Å². The molecular weight excluding hydrogens is 384 g/mol. The minimum Gasteiger partial charge on any atom is -0.384 e. The molecule has 0 bridgehead atoms. The number of nitrogens with zero attached hydrogens (tertiary/aromatic N) is 5. The van der Waals surface area contributed by atoms with Crippen molar-refractivity contribution >= 4 is 23.6 Å². The molecule has 0 saturated carbocycles. The van der Waals surface area contributed by atoms with Crippen LogP contribution < -0.4 is 21.7 Å². The Morgan fingerprint density at radius 3 is 2.63 bits per heavy atom. The molecule has 1 saturated heterocycles. The van der Waals surface area contributed by atoms with Gasteiger partial charge in [0.15, 0.2) is 0 Å². The van der Waals surface area contributed by atoms with E-state index in [2.05, 4.69) is 37.0 Å². The number of amides is 2. The Balaban J connectivity index is 1.75. The van der Waals surface area contributed by atoms with E-state index in [0.717, 1.165) is 5.56 Å². The van der Waals surface area contributed by atoms with Crippen LogP contribution in [-0.4, -0.2) is 72.3 Å². The zero-order valence-electron chi connectivity index (χ0n) is 17.2. The molecule has 0 unspecified atom stereocenters. The number of methoxy groups -OCH3 is 1. The normalized spacial score (nSPS) is 13.5. The van der Waals surface area contributed by atoms with Gasteiger partial charge >= 0.3 is 6.03 Å². The van der Waals surface area contributed by atoms with Crippen LogP contribution in [0, 0.1) is 18.8 Å². The standard InChI is InChI=1S/C20H26N8O2/c1-14-16(5-3-15-4-6-17(21)24-13-15)18(26-19(22)25-14)27-8-10-28(11-9-27)20(29)23-7-12-30-2/h4,6,13H,7-12H2,1-2H3,(H2,21,24)(H,23,29)(H2,22,25,26). The highest BCUT2D eigenvalue weighted by Crippen LogP contribution is 2.22. The van der Waals surface area contributed by atoms with E-state index in [1.165, 1.54) is 0 Å². The summed E-state index contributed by atoms with van der Waals surface area (Å²) in [4.78, 5) is 28.8. The summed E-state index contributed by atoms with van der Waals surface area (Å²) in [5, 5.41) is 2.84. The summed E-state index contributed by atoms with van der Waals surface area (Å²) in [5.74, 6) is 7.55. The fourth-order valence-electron chi connectivity index (χ4n) is 3.06. The van der Waals surface area contributed by atoms with Gasteiger partial charge in [-0.05, 0) is 19.1 Å². The minimum absolute atomic E-state index is 0.0963. The molecule has 5 N–H and O–H groups in total. The second kappa shape index (κ2) is 9.76. The number of nitrogens with one attached hydrogen (secondary N) is 1. The summed E-state index contributed by atoms with van der Waals surface area (Å²) in [7, 11) is 1.60. The number of carbonyl (C=O) groups excluding carboxylic acids is 1. The van der Waals surface area contributed by atoms with Gasteiger partial charge in [0.05, 0.1) is 17.9 Å². The molecule has 3 rings (SSSR count). The van der Waals surface area contributed by atoms with Crippen molar-refractivity contribution in [2.24, 2.45) is 0 Å². The van der Waals surface area contributed by atoms with Crippen molar-refractivity contribution in [3.05, 3.63) is 35.2 Å². The molecule has 0 radical (unpaired) electrons. The van der Waals surface area contributed by atoms with Crippen molar-refractivity contribution in [1.82, 2.24) is 25.2 Å². The van der Waals surface area contributed by atoms with Crippen molar-refractivity contribution in [3.8, 4) is 11.8 Å². The van der Waals surface area contributed by atoms with E-state index in [4.69, 9.17) is 16.2 Å². The number of pyridine rings is 1. The number of nitrogens with two attached hydrogens (primary N) is 2. The highest BCUT2D eigenvalue weighted by Gasteiger charge is 2.24. The maximum atomic E-state index is 12.2. The Morgan fingerprint density at radius 1 is 1.20 bits per heavy atom. The number of piperazine rings is 1. The number of urea groups is 1. The quantitative estimate of drug-likeness (QED) is 0.481. The summed E-state index contributed by atoms with van der Waals surface area (Å²) in [5.41, 5.74) is 13.7. The molecule has 0 atom stereocenters. The van der Waals surface area contributed by atoms with Gasteiger partial charge in [0.1, 0.15) is 11.6 Å². The van der Waals surface area contributed by atoms with Gasteiger partial charge in [0.25, 0.3) is 0 Å². The molecule has 2 aromatic heterocycles. The van der Waals surface area contributed by atoms with Gasteiger partial charge < -0.3 is 31.3 Å². The molecule has 0 aromatic carbocycles. The minimum atomic E-state index is -0.0963. The second-order valence-corrected chi connectivity index (χ2v) is 6.79. The number of aryl methyl sites for hydroxylation is 1. The number of aromatic nitrogens is 3. The van der Waals surface area contributed by atoms with E-state index in [9.17, 15) is 4.79 Å². The fraction of sp³-hybridized carbons (Fsp3) is 0.400. The molecule has 10 nitrogen and oxygen atoms in total. The van der Waals surface area contributed by atoms with Crippen molar-refractivity contribution in [1.29, 1.82) is 0 Å². The highest BCUT2D eigenvalue weighted by molar-refractivity contribution is 5.74. The van der Waals surface area contributed by atoms with Crippen molar-refractivity contribution in [2.75, 3.05) is 62.8 Å². The van der Waals surface area contributed by atoms with Crippen LogP contribution in [0.1, 0.15) is 16.8 Å². The fourth-order valence-corrected chi connectivity index (χ4v) is 3.06. The predicted molar refractivity (Wildman–Crippen MR) is 115 cm³/mol. The average molecular weight is 410 g/mol. The maximum Gasteiger partial charge on any atom is 0.317 e. The molecule has 0 aliphatic carbocycles. The average Bonchev–Trinajstić information content (AvgIpc) is 2.74. The number of rotatable bonds is 4. The largest absolute Gasteiger partial charge is 0.384 e. The lowest BCUT2D eigenvalue weighted by molar-refractivity contribution is 0.177. The molecule has 158 valence electrons. The SMILES string of the molecule is COCCNC(=O)N1CCN(c2nc(N)nc(C)c2C#Cc2ccc(N)nc2)CC1. The topological polar surface area (TPSA) is 136 Å². The number of hydrogen-bond acceptors (Lipinski definition) is 8. The van der Waals surface area contributed by atoms with Gasteiger partial charge in [-0.2, -0.15) is 4.98 Å². The van der Waals surface area contributed by atoms with E-state index in [0.29, 0.717) is 62.2 Å². The van der Waals surface area contributed by atoms with Gasteiger partial charge in [0, 0.05) is 51.6 Å². The number of anilines is 3. The van der Waals surface area contributed by atoms with Crippen LogP contribution in [0.3, 0.4) is 0 Å². The lowest BCUT2D eigenvalue weighted by Gasteiger charge is -2.35. The Labute approximate surface area is 175 Å². The van der Waals surface area contributed by atoms with Crippen molar-refractivity contribution in [2.45, 2.75) is 6.92 Å². The number of hydrogen-bond donors (Lipinski definition) is 3. The van der Waals surface area contributed by atoms with Gasteiger partial charge in [-0.25, -0.2) is 14.8 Å². The first-order chi connectivity index (χ1) is 14.5. The van der Waals surface area contributed by atoms with Crippen LogP contribution in [-0.2, 0) is 4.74 Å². The zero-order chi connectivity index (χ0) is 21.5. The van der Waals surface area contributed by atoms with Crippen LogP contribution >= 0.6 is 0 Å². The smallest absolute Gasteiger partial charge is 0.317 e. The molecule has 2 aromatic rings. The summed E-state index contributed by atoms with van der Waals surface area (Å²) < 4.78 is 4.96. The van der Waals surface area contributed by atoms with E-state index >= 15 is 0 Å². The third kappa shape index (κ3) is 5.27. The highest BCUT2D eigenvalue weighted by atomic mass is 16.5. The van der Waals surface area contributed by atoms with E-state index in [1.807, 2.05) is 13.0 Å². The third-order valence-corrected chi connectivity index (χ3v) is 4.66. The summed E-state index contributed by atoms with van der Waals surface area (Å²) >= 11 is 0. The lowest BCUT2D eigenvalue weighted by Crippen LogP contribution is -2.52. The van der Waals surface area contributed by atoms with Gasteiger partial charge in [0.2, 0.25) is 5.95 Å². The van der Waals surface area contributed by atoms with Crippen LogP contribution in [0.15, 0.2) is 18.3 Å². The molecule has 2 amide bonds. The van der Waals surface area contributed by atoms with Crippen LogP contribution in [0.2, 0.25) is 0 Å². The van der Waals surface area contributed by atoms with Crippen LogP contribution in [0.5, 0.6) is 0 Å². The van der Waals surface area contributed by atoms with E-state index in [1.54, 1.807) is 24.3 Å². The van der Waals surface area contributed by atoms with Gasteiger partial charge in [-0.3, -0.25) is 0 Å². The first-order valence-corrected chi connectivity index (χ1v) is 9.62.